The van der Waals surface area contributed by atoms with Crippen molar-refractivity contribution in [3.05, 3.63) is 64.4 Å². The molecule has 3 atom stereocenters. The van der Waals surface area contributed by atoms with Gasteiger partial charge in [-0.3, -0.25) is 0 Å². The summed E-state index contributed by atoms with van der Waals surface area (Å²) < 4.78 is 13.6. The largest absolute Gasteiger partial charge is 0.322 e. The number of rotatable bonds is 8. The molecule has 3 fully saturated rings. The van der Waals surface area contributed by atoms with Gasteiger partial charge in [0.15, 0.2) is 0 Å². The lowest BCUT2D eigenvalue weighted by molar-refractivity contribution is 0.147. The Labute approximate surface area is 224 Å². The van der Waals surface area contributed by atoms with Crippen molar-refractivity contribution in [2.24, 2.45) is 5.92 Å². The van der Waals surface area contributed by atoms with Gasteiger partial charge in [-0.2, -0.15) is 5.26 Å². The number of urea groups is 1. The average Bonchev–Trinajstić information content (AvgIpc) is 3.53. The smallest absolute Gasteiger partial charge is 0.321 e. The van der Waals surface area contributed by atoms with E-state index in [1.807, 2.05) is 17.0 Å². The molecule has 0 radical (unpaired) electrons. The van der Waals surface area contributed by atoms with Gasteiger partial charge in [-0.15, -0.1) is 0 Å². The second kappa shape index (κ2) is 11.0. The van der Waals surface area contributed by atoms with Gasteiger partial charge in [0.25, 0.3) is 0 Å². The van der Waals surface area contributed by atoms with Gasteiger partial charge in [-0.05, 0) is 87.5 Å². The van der Waals surface area contributed by atoms with E-state index in [-0.39, 0.29) is 22.5 Å². The summed E-state index contributed by atoms with van der Waals surface area (Å²) in [6.45, 7) is 6.17. The highest BCUT2D eigenvalue weighted by molar-refractivity contribution is 6.31. The van der Waals surface area contributed by atoms with Crippen molar-refractivity contribution in [3.8, 4) is 6.07 Å². The Hall–Kier alpha value is -2.66. The van der Waals surface area contributed by atoms with Crippen molar-refractivity contribution in [2.45, 2.75) is 43.6 Å². The molecular weight excluding hydrogens is 489 g/mol. The predicted octanol–water partition coefficient (Wildman–Crippen LogP) is 5.33. The number of nitriles is 1. The van der Waals surface area contributed by atoms with Crippen LogP contribution in [-0.2, 0) is 5.41 Å². The standard InChI is InChI=1S/C29H35ClFN5O/c1-34-14-16-35(17-15-34)12-2-3-13-36(28(37)33-23-8-9-26(31)25(30)18-23)27-10-11-29(19-24(27)29)22-6-4-21(20-32)5-7-22/h4-9,18,24,27H,2-3,10-17,19H2,1H3,(H,33,37)/t24?,27-,29-/m1/s1. The second-order valence-corrected chi connectivity index (χ2v) is 11.3. The van der Waals surface area contributed by atoms with Gasteiger partial charge in [0.1, 0.15) is 5.82 Å². The molecule has 2 amide bonds. The van der Waals surface area contributed by atoms with Gasteiger partial charge in [0.2, 0.25) is 0 Å². The number of halogens is 2. The summed E-state index contributed by atoms with van der Waals surface area (Å²) in [4.78, 5) is 20.4. The molecule has 1 saturated heterocycles. The zero-order valence-electron chi connectivity index (χ0n) is 21.4. The van der Waals surface area contributed by atoms with Gasteiger partial charge in [0.05, 0.1) is 16.7 Å². The van der Waals surface area contributed by atoms with E-state index >= 15 is 0 Å². The zero-order valence-corrected chi connectivity index (χ0v) is 22.2. The van der Waals surface area contributed by atoms with Gasteiger partial charge in [0, 0.05) is 49.9 Å². The van der Waals surface area contributed by atoms with Crippen molar-refractivity contribution in [3.63, 3.8) is 0 Å². The number of piperazine rings is 1. The Morgan fingerprint density at radius 3 is 2.62 bits per heavy atom. The summed E-state index contributed by atoms with van der Waals surface area (Å²) in [5.41, 5.74) is 2.56. The van der Waals surface area contributed by atoms with E-state index in [1.165, 1.54) is 17.7 Å². The summed E-state index contributed by atoms with van der Waals surface area (Å²) >= 11 is 5.96. The molecule has 2 aromatic carbocycles. The van der Waals surface area contributed by atoms with Crippen molar-refractivity contribution < 1.29 is 9.18 Å². The van der Waals surface area contributed by atoms with Crippen LogP contribution in [0, 0.1) is 23.1 Å². The maximum Gasteiger partial charge on any atom is 0.322 e. The fraction of sp³-hybridized carbons (Fsp3) is 0.517. The molecule has 37 heavy (non-hydrogen) atoms. The van der Waals surface area contributed by atoms with E-state index in [2.05, 4.69) is 40.4 Å². The molecule has 8 heteroatoms. The van der Waals surface area contributed by atoms with E-state index in [1.54, 1.807) is 6.07 Å². The molecule has 196 valence electrons. The molecule has 1 heterocycles. The first-order valence-electron chi connectivity index (χ1n) is 13.3. The van der Waals surface area contributed by atoms with Crippen LogP contribution in [0.2, 0.25) is 5.02 Å². The van der Waals surface area contributed by atoms with Crippen molar-refractivity contribution in [2.75, 3.05) is 51.6 Å². The molecule has 2 saturated carbocycles. The number of hydrogen-bond acceptors (Lipinski definition) is 4. The van der Waals surface area contributed by atoms with Crippen LogP contribution in [0.5, 0.6) is 0 Å². The number of carbonyl (C=O) groups excluding carboxylic acids is 1. The van der Waals surface area contributed by atoms with Gasteiger partial charge >= 0.3 is 6.03 Å². The third-order valence-electron chi connectivity index (χ3n) is 8.62. The number of hydrogen-bond donors (Lipinski definition) is 1. The van der Waals surface area contributed by atoms with E-state index < -0.39 is 5.82 Å². The van der Waals surface area contributed by atoms with Crippen LogP contribution in [0.1, 0.15) is 43.2 Å². The fourth-order valence-electron chi connectivity index (χ4n) is 6.33. The molecule has 0 aromatic heterocycles. The van der Waals surface area contributed by atoms with Crippen LogP contribution in [0.15, 0.2) is 42.5 Å². The summed E-state index contributed by atoms with van der Waals surface area (Å²) in [7, 11) is 2.17. The molecule has 5 rings (SSSR count). The number of nitrogens with zero attached hydrogens (tertiary/aromatic N) is 4. The second-order valence-electron chi connectivity index (χ2n) is 10.9. The monoisotopic (exact) mass is 523 g/mol. The number of amides is 2. The highest BCUT2D eigenvalue weighted by Gasteiger charge is 2.63. The highest BCUT2D eigenvalue weighted by atomic mass is 35.5. The number of unbranched alkanes of at least 4 members (excludes halogenated alkanes) is 1. The van der Waals surface area contributed by atoms with Crippen LogP contribution in [-0.4, -0.2) is 73.1 Å². The summed E-state index contributed by atoms with van der Waals surface area (Å²) in [5, 5.41) is 12.1. The van der Waals surface area contributed by atoms with Crippen molar-refractivity contribution >= 4 is 23.3 Å². The molecule has 1 unspecified atom stereocenters. The Morgan fingerprint density at radius 1 is 1.19 bits per heavy atom. The molecule has 0 spiro atoms. The maximum atomic E-state index is 13.6. The van der Waals surface area contributed by atoms with E-state index in [9.17, 15) is 9.18 Å². The predicted molar refractivity (Wildman–Crippen MR) is 144 cm³/mol. The first-order chi connectivity index (χ1) is 17.9. The quantitative estimate of drug-likeness (QED) is 0.475. The molecule has 0 bridgehead atoms. The lowest BCUT2D eigenvalue weighted by Gasteiger charge is -2.33. The minimum Gasteiger partial charge on any atom is -0.321 e. The molecule has 6 nitrogen and oxygen atoms in total. The molecular formula is C29H35ClFN5O. The van der Waals surface area contributed by atoms with Gasteiger partial charge in [-0.25, -0.2) is 9.18 Å². The van der Waals surface area contributed by atoms with E-state index in [4.69, 9.17) is 16.9 Å². The number of fused-ring (bicyclic) bond motifs is 1. The van der Waals surface area contributed by atoms with Crippen LogP contribution < -0.4 is 5.32 Å². The van der Waals surface area contributed by atoms with Crippen LogP contribution in [0.3, 0.4) is 0 Å². The number of nitrogens with one attached hydrogen (secondary N) is 1. The molecule has 2 aliphatic carbocycles. The summed E-state index contributed by atoms with van der Waals surface area (Å²) in [6, 6.07) is 14.5. The lowest BCUT2D eigenvalue weighted by Crippen LogP contribution is -2.45. The van der Waals surface area contributed by atoms with Crippen LogP contribution in [0.25, 0.3) is 0 Å². The Bertz CT molecular complexity index is 1160. The van der Waals surface area contributed by atoms with E-state index in [0.717, 1.165) is 64.8 Å². The number of carbonyl (C=O) groups is 1. The minimum absolute atomic E-state index is 0.000538. The van der Waals surface area contributed by atoms with Crippen molar-refractivity contribution in [1.82, 2.24) is 14.7 Å². The fourth-order valence-corrected chi connectivity index (χ4v) is 6.51. The van der Waals surface area contributed by atoms with Crippen LogP contribution >= 0.6 is 11.6 Å². The van der Waals surface area contributed by atoms with Gasteiger partial charge in [-0.1, -0.05) is 23.7 Å². The molecule has 3 aliphatic rings. The number of benzene rings is 2. The average molecular weight is 524 g/mol. The third kappa shape index (κ3) is 5.62. The minimum atomic E-state index is -0.499. The Morgan fingerprint density at radius 2 is 1.95 bits per heavy atom. The maximum absolute atomic E-state index is 13.6. The van der Waals surface area contributed by atoms with Crippen molar-refractivity contribution in [1.29, 1.82) is 5.26 Å². The lowest BCUT2D eigenvalue weighted by atomic mass is 9.93. The molecule has 1 N–H and O–H groups in total. The topological polar surface area (TPSA) is 62.6 Å². The van der Waals surface area contributed by atoms with E-state index in [0.29, 0.717) is 23.7 Å². The summed E-state index contributed by atoms with van der Waals surface area (Å²) in [5.74, 6) is -0.0815. The first-order valence-corrected chi connectivity index (χ1v) is 13.7. The Kier molecular flexibility index (Phi) is 7.71. The zero-order chi connectivity index (χ0) is 26.0. The van der Waals surface area contributed by atoms with Gasteiger partial charge < -0.3 is 20.0 Å². The SMILES string of the molecule is CN1CCN(CCCCN(C(=O)Nc2ccc(F)c(Cl)c2)[C@@H]2CC[C@]3(c4ccc(C#N)cc4)CC23)CC1. The third-order valence-corrected chi connectivity index (χ3v) is 8.91. The summed E-state index contributed by atoms with van der Waals surface area (Å²) in [6.07, 6.45) is 5.06. The Balaban J connectivity index is 1.25. The first kappa shape index (κ1) is 26.0. The number of anilines is 1. The van der Waals surface area contributed by atoms with Crippen LogP contribution in [0.4, 0.5) is 14.9 Å². The molecule has 2 aromatic rings. The normalized spacial score (nSPS) is 25.4. The molecule has 1 aliphatic heterocycles. The highest BCUT2D eigenvalue weighted by Crippen LogP contribution is 2.65. The number of likely N-dealkylation sites (N-methyl/N-ethyl adjacent to an activating group) is 1.